The number of hydrogen-bond acceptors (Lipinski definition) is 5. The molecule has 1 aromatic heterocycles. The van der Waals surface area contributed by atoms with Crippen molar-refractivity contribution in [3.05, 3.63) is 45.8 Å². The van der Waals surface area contributed by atoms with Crippen LogP contribution in [0.15, 0.2) is 24.3 Å². The molecule has 1 aliphatic rings. The number of amides is 1. The SMILES string of the molecule is CCCOC(=O)c1c(NC(=O)c2ccccc2OCC)sc2c1CCC(C)C2. The van der Waals surface area contributed by atoms with Crippen LogP contribution in [0.2, 0.25) is 0 Å². The molecule has 3 rings (SSSR count). The number of fused-ring (bicyclic) bond motifs is 1. The van der Waals surface area contributed by atoms with Gasteiger partial charge in [0.15, 0.2) is 0 Å². The summed E-state index contributed by atoms with van der Waals surface area (Å²) in [5.74, 6) is 0.489. The van der Waals surface area contributed by atoms with Crippen molar-refractivity contribution in [1.82, 2.24) is 0 Å². The molecule has 5 nitrogen and oxygen atoms in total. The predicted octanol–water partition coefficient (Wildman–Crippen LogP) is 5.09. The third-order valence-corrected chi connectivity index (χ3v) is 5.98. The molecule has 1 unspecified atom stereocenters. The molecule has 150 valence electrons. The van der Waals surface area contributed by atoms with Crippen LogP contribution in [0.3, 0.4) is 0 Å². The zero-order chi connectivity index (χ0) is 20.1. The summed E-state index contributed by atoms with van der Waals surface area (Å²) in [5.41, 5.74) is 2.03. The highest BCUT2D eigenvalue weighted by atomic mass is 32.1. The summed E-state index contributed by atoms with van der Waals surface area (Å²) in [6, 6.07) is 7.14. The monoisotopic (exact) mass is 401 g/mol. The molecule has 0 bridgehead atoms. The molecule has 0 radical (unpaired) electrons. The van der Waals surface area contributed by atoms with Gasteiger partial charge in [0.1, 0.15) is 10.8 Å². The summed E-state index contributed by atoms with van der Waals surface area (Å²) in [7, 11) is 0. The second-order valence-corrected chi connectivity index (χ2v) is 8.18. The summed E-state index contributed by atoms with van der Waals surface area (Å²) in [5, 5.41) is 3.53. The molecular formula is C22H27NO4S. The van der Waals surface area contributed by atoms with Crippen molar-refractivity contribution in [2.24, 2.45) is 5.92 Å². The Morgan fingerprint density at radius 2 is 2.04 bits per heavy atom. The maximum absolute atomic E-state index is 12.9. The van der Waals surface area contributed by atoms with E-state index in [-0.39, 0.29) is 11.9 Å². The van der Waals surface area contributed by atoms with E-state index < -0.39 is 0 Å². The molecule has 28 heavy (non-hydrogen) atoms. The first-order chi connectivity index (χ1) is 13.5. The number of esters is 1. The summed E-state index contributed by atoms with van der Waals surface area (Å²) in [6.07, 6.45) is 3.57. The van der Waals surface area contributed by atoms with E-state index in [1.807, 2.05) is 19.9 Å². The minimum Gasteiger partial charge on any atom is -0.493 e. The van der Waals surface area contributed by atoms with Crippen molar-refractivity contribution in [3.8, 4) is 5.75 Å². The summed E-state index contributed by atoms with van der Waals surface area (Å²) in [4.78, 5) is 26.9. The van der Waals surface area contributed by atoms with E-state index in [0.29, 0.717) is 41.0 Å². The summed E-state index contributed by atoms with van der Waals surface area (Å²) in [6.45, 7) is 6.91. The molecule has 1 amide bonds. The Kier molecular flexibility index (Phi) is 6.73. The van der Waals surface area contributed by atoms with E-state index in [2.05, 4.69) is 12.2 Å². The Morgan fingerprint density at radius 1 is 1.25 bits per heavy atom. The number of rotatable bonds is 7. The minimum atomic E-state index is -0.345. The van der Waals surface area contributed by atoms with Crippen LogP contribution < -0.4 is 10.1 Å². The molecule has 1 aromatic carbocycles. The molecule has 1 N–H and O–H groups in total. The van der Waals surface area contributed by atoms with Crippen molar-refractivity contribution in [2.75, 3.05) is 18.5 Å². The highest BCUT2D eigenvalue weighted by Gasteiger charge is 2.29. The van der Waals surface area contributed by atoms with E-state index in [1.165, 1.54) is 16.2 Å². The van der Waals surface area contributed by atoms with Crippen LogP contribution in [0.1, 0.15) is 64.8 Å². The highest BCUT2D eigenvalue weighted by Crippen LogP contribution is 2.40. The molecule has 0 fully saturated rings. The van der Waals surface area contributed by atoms with E-state index in [0.717, 1.165) is 31.2 Å². The van der Waals surface area contributed by atoms with Gasteiger partial charge in [-0.3, -0.25) is 4.79 Å². The highest BCUT2D eigenvalue weighted by molar-refractivity contribution is 7.17. The normalized spacial score (nSPS) is 15.6. The number of benzene rings is 1. The fourth-order valence-electron chi connectivity index (χ4n) is 3.43. The molecule has 2 aromatic rings. The maximum atomic E-state index is 12.9. The molecule has 0 aliphatic heterocycles. The number of anilines is 1. The van der Waals surface area contributed by atoms with Crippen LogP contribution in [-0.2, 0) is 17.6 Å². The Morgan fingerprint density at radius 3 is 2.79 bits per heavy atom. The largest absolute Gasteiger partial charge is 0.493 e. The number of thiophene rings is 1. The third kappa shape index (κ3) is 4.38. The molecule has 1 atom stereocenters. The summed E-state index contributed by atoms with van der Waals surface area (Å²) >= 11 is 1.50. The number of carbonyl (C=O) groups is 2. The Bertz CT molecular complexity index is 858. The smallest absolute Gasteiger partial charge is 0.341 e. The quantitative estimate of drug-likeness (QED) is 0.656. The number of ether oxygens (including phenoxy) is 2. The number of nitrogens with one attached hydrogen (secondary N) is 1. The van der Waals surface area contributed by atoms with Crippen molar-refractivity contribution in [3.63, 3.8) is 0 Å². The molecule has 1 heterocycles. The average molecular weight is 402 g/mol. The van der Waals surface area contributed by atoms with Crippen LogP contribution in [0.4, 0.5) is 5.00 Å². The van der Waals surface area contributed by atoms with Gasteiger partial charge in [-0.2, -0.15) is 0 Å². The lowest BCUT2D eigenvalue weighted by molar-refractivity contribution is 0.0505. The van der Waals surface area contributed by atoms with Crippen molar-refractivity contribution in [1.29, 1.82) is 0 Å². The van der Waals surface area contributed by atoms with Gasteiger partial charge in [-0.25, -0.2) is 4.79 Å². The van der Waals surface area contributed by atoms with Gasteiger partial charge in [0.05, 0.1) is 24.3 Å². The van der Waals surface area contributed by atoms with Crippen LogP contribution in [0, 0.1) is 5.92 Å². The zero-order valence-electron chi connectivity index (χ0n) is 16.7. The van der Waals surface area contributed by atoms with E-state index >= 15 is 0 Å². The Balaban J connectivity index is 1.93. The molecular weight excluding hydrogens is 374 g/mol. The molecule has 1 aliphatic carbocycles. The minimum absolute atomic E-state index is 0.278. The van der Waals surface area contributed by atoms with Crippen molar-refractivity contribution < 1.29 is 19.1 Å². The van der Waals surface area contributed by atoms with Crippen LogP contribution in [0.5, 0.6) is 5.75 Å². The van der Waals surface area contributed by atoms with Gasteiger partial charge in [-0.15, -0.1) is 11.3 Å². The van der Waals surface area contributed by atoms with Gasteiger partial charge in [0, 0.05) is 4.88 Å². The lowest BCUT2D eigenvalue weighted by Gasteiger charge is -2.18. The lowest BCUT2D eigenvalue weighted by atomic mass is 9.88. The Labute approximate surface area is 170 Å². The van der Waals surface area contributed by atoms with Crippen LogP contribution >= 0.6 is 11.3 Å². The number of carbonyl (C=O) groups excluding carboxylic acids is 2. The van der Waals surface area contributed by atoms with Gasteiger partial charge in [-0.1, -0.05) is 26.0 Å². The van der Waals surface area contributed by atoms with E-state index in [9.17, 15) is 9.59 Å². The van der Waals surface area contributed by atoms with Gasteiger partial charge in [0.2, 0.25) is 0 Å². The fraction of sp³-hybridized carbons (Fsp3) is 0.455. The number of hydrogen-bond donors (Lipinski definition) is 1. The second-order valence-electron chi connectivity index (χ2n) is 7.08. The van der Waals surface area contributed by atoms with Crippen molar-refractivity contribution in [2.45, 2.75) is 46.5 Å². The standard InChI is InChI=1S/C22H27NO4S/c1-4-12-27-22(25)19-16-11-10-14(3)13-18(16)28-21(19)23-20(24)15-8-6-7-9-17(15)26-5-2/h6-9,14H,4-5,10-13H2,1-3H3,(H,23,24). The zero-order valence-corrected chi connectivity index (χ0v) is 17.5. The van der Waals surface area contributed by atoms with E-state index in [4.69, 9.17) is 9.47 Å². The second kappa shape index (κ2) is 9.24. The van der Waals surface area contributed by atoms with Gasteiger partial charge in [0.25, 0.3) is 5.91 Å². The van der Waals surface area contributed by atoms with Crippen LogP contribution in [-0.4, -0.2) is 25.1 Å². The fourth-order valence-corrected chi connectivity index (χ4v) is 4.82. The van der Waals surface area contributed by atoms with E-state index in [1.54, 1.807) is 18.2 Å². The van der Waals surface area contributed by atoms with Crippen molar-refractivity contribution >= 4 is 28.2 Å². The first-order valence-electron chi connectivity index (χ1n) is 9.89. The van der Waals surface area contributed by atoms with Gasteiger partial charge < -0.3 is 14.8 Å². The van der Waals surface area contributed by atoms with Gasteiger partial charge >= 0.3 is 5.97 Å². The Hall–Kier alpha value is -2.34. The average Bonchev–Trinajstić information content (AvgIpc) is 3.03. The first-order valence-corrected chi connectivity index (χ1v) is 10.7. The molecule has 6 heteroatoms. The third-order valence-electron chi connectivity index (χ3n) is 4.81. The maximum Gasteiger partial charge on any atom is 0.341 e. The first kappa shape index (κ1) is 20.4. The number of para-hydroxylation sites is 1. The predicted molar refractivity (Wildman–Crippen MR) is 112 cm³/mol. The van der Waals surface area contributed by atoms with Gasteiger partial charge in [-0.05, 0) is 56.2 Å². The lowest BCUT2D eigenvalue weighted by Crippen LogP contribution is -2.17. The molecule has 0 saturated carbocycles. The molecule has 0 saturated heterocycles. The molecule has 0 spiro atoms. The topological polar surface area (TPSA) is 64.6 Å². The van der Waals surface area contributed by atoms with Crippen LogP contribution in [0.25, 0.3) is 0 Å². The summed E-state index contributed by atoms with van der Waals surface area (Å²) < 4.78 is 11.0.